The maximum absolute atomic E-state index is 12.7. The van der Waals surface area contributed by atoms with Gasteiger partial charge in [0.15, 0.2) is 0 Å². The maximum Gasteiger partial charge on any atom is 0.423 e. The Hall–Kier alpha value is -1.56. The highest BCUT2D eigenvalue weighted by Crippen LogP contribution is 2.55. The number of fused-ring (bicyclic) bond motifs is 2. The number of carbonyl (C=O) groups excluding carboxylic acids is 2. The second kappa shape index (κ2) is 7.82. The average molecular weight is 438 g/mol. The van der Waals surface area contributed by atoms with Gasteiger partial charge in [-0.3, -0.25) is 4.79 Å². The third kappa shape index (κ3) is 4.31. The minimum Gasteiger partial charge on any atom is -0.425 e. The van der Waals surface area contributed by atoms with Crippen molar-refractivity contribution in [2.75, 3.05) is 0 Å². The average Bonchev–Trinajstić information content (AvgIpc) is 3.22. The monoisotopic (exact) mass is 437 g/mol. The molecule has 0 saturated heterocycles. The lowest BCUT2D eigenvalue weighted by molar-refractivity contribution is -0.175. The highest BCUT2D eigenvalue weighted by atomic mass is 79.9. The summed E-state index contributed by atoms with van der Waals surface area (Å²) in [5, 5.41) is 0. The van der Waals surface area contributed by atoms with Crippen LogP contribution in [0.5, 0.6) is 0 Å². The highest BCUT2D eigenvalue weighted by molar-refractivity contribution is 9.07. The number of nitrogens with zero attached hydrogens (tertiary/aromatic N) is 1. The molecule has 27 heavy (non-hydrogen) atoms. The van der Waals surface area contributed by atoms with Crippen molar-refractivity contribution < 1.29 is 19.1 Å². The molecule has 0 spiro atoms. The van der Waals surface area contributed by atoms with Gasteiger partial charge in [-0.2, -0.15) is 0 Å². The molecule has 148 valence electrons. The number of ether oxygens (including phenoxy) is 2. The summed E-state index contributed by atoms with van der Waals surface area (Å²) in [6.07, 6.45) is 2.02. The summed E-state index contributed by atoms with van der Waals surface area (Å²) in [7, 11) is 0. The Labute approximate surface area is 169 Å². The molecule has 2 saturated carbocycles. The van der Waals surface area contributed by atoms with Crippen molar-refractivity contribution in [3.63, 3.8) is 0 Å². The lowest BCUT2D eigenvalue weighted by atomic mass is 9.80. The van der Waals surface area contributed by atoms with E-state index in [0.29, 0.717) is 17.8 Å². The molecule has 1 amide bonds. The van der Waals surface area contributed by atoms with Gasteiger partial charge < -0.3 is 9.47 Å². The first-order chi connectivity index (χ1) is 12.7. The summed E-state index contributed by atoms with van der Waals surface area (Å²) < 4.78 is 12.2. The Bertz CT molecular complexity index is 687. The molecule has 5 nitrogen and oxygen atoms in total. The third-order valence-corrected chi connectivity index (χ3v) is 6.41. The molecule has 2 bridgehead atoms. The molecule has 2 aliphatic carbocycles. The molecule has 0 heterocycles. The van der Waals surface area contributed by atoms with E-state index in [4.69, 9.17) is 9.47 Å². The van der Waals surface area contributed by atoms with Gasteiger partial charge >= 0.3 is 12.1 Å². The number of esters is 1. The minimum absolute atomic E-state index is 0.0455. The summed E-state index contributed by atoms with van der Waals surface area (Å²) in [6.45, 7) is 6.86. The predicted octanol–water partition coefficient (Wildman–Crippen LogP) is 5.25. The van der Waals surface area contributed by atoms with E-state index in [0.717, 1.165) is 12.8 Å². The van der Waals surface area contributed by atoms with Crippen molar-refractivity contribution in [2.24, 2.45) is 17.3 Å². The SMILES string of the molecule is CC(OC(=O)N(Br)C1C2CCC(C2)C1c1ccccc1)OC(=O)C(C)(C)C. The molecule has 0 N–H and O–H groups in total. The molecule has 0 aliphatic heterocycles. The van der Waals surface area contributed by atoms with Crippen molar-refractivity contribution in [3.8, 4) is 0 Å². The first-order valence-electron chi connectivity index (χ1n) is 9.60. The van der Waals surface area contributed by atoms with E-state index >= 15 is 0 Å². The number of rotatable bonds is 4. The van der Waals surface area contributed by atoms with Gasteiger partial charge in [-0.15, -0.1) is 0 Å². The summed E-state index contributed by atoms with van der Waals surface area (Å²) in [4.78, 5) is 24.7. The molecule has 6 heteroatoms. The molecular weight excluding hydrogens is 410 g/mol. The van der Waals surface area contributed by atoms with Crippen LogP contribution in [0.1, 0.15) is 58.4 Å². The van der Waals surface area contributed by atoms with Crippen LogP contribution >= 0.6 is 16.1 Å². The van der Waals surface area contributed by atoms with Crippen LogP contribution in [0.2, 0.25) is 0 Å². The van der Waals surface area contributed by atoms with Gasteiger partial charge in [0, 0.05) is 12.8 Å². The number of benzene rings is 1. The molecule has 5 atom stereocenters. The summed E-state index contributed by atoms with van der Waals surface area (Å²) >= 11 is 3.46. The van der Waals surface area contributed by atoms with Crippen molar-refractivity contribution in [3.05, 3.63) is 35.9 Å². The van der Waals surface area contributed by atoms with Gasteiger partial charge in [0.25, 0.3) is 0 Å². The van der Waals surface area contributed by atoms with Crippen molar-refractivity contribution in [1.29, 1.82) is 0 Å². The van der Waals surface area contributed by atoms with Crippen molar-refractivity contribution in [2.45, 2.75) is 65.2 Å². The fourth-order valence-corrected chi connectivity index (χ4v) is 5.07. The number of amides is 1. The zero-order valence-corrected chi connectivity index (χ0v) is 17.9. The Morgan fingerprint density at radius 1 is 1.11 bits per heavy atom. The molecule has 1 aromatic rings. The zero-order valence-electron chi connectivity index (χ0n) is 16.4. The van der Waals surface area contributed by atoms with Crippen LogP contribution in [-0.2, 0) is 14.3 Å². The van der Waals surface area contributed by atoms with Gasteiger partial charge in [0.2, 0.25) is 6.29 Å². The highest BCUT2D eigenvalue weighted by Gasteiger charge is 2.51. The Balaban J connectivity index is 1.67. The topological polar surface area (TPSA) is 55.8 Å². The van der Waals surface area contributed by atoms with Gasteiger partial charge in [0.1, 0.15) is 0 Å². The van der Waals surface area contributed by atoms with Crippen LogP contribution < -0.4 is 0 Å². The van der Waals surface area contributed by atoms with E-state index in [1.165, 1.54) is 15.9 Å². The summed E-state index contributed by atoms with van der Waals surface area (Å²) in [5.74, 6) is 0.946. The first-order valence-corrected chi connectivity index (χ1v) is 10.3. The van der Waals surface area contributed by atoms with Crippen LogP contribution in [0.4, 0.5) is 4.79 Å². The first kappa shape index (κ1) is 20.2. The normalized spacial score (nSPS) is 27.9. The van der Waals surface area contributed by atoms with E-state index in [9.17, 15) is 9.59 Å². The van der Waals surface area contributed by atoms with E-state index in [1.54, 1.807) is 27.7 Å². The zero-order chi connectivity index (χ0) is 19.8. The van der Waals surface area contributed by atoms with E-state index in [-0.39, 0.29) is 6.04 Å². The molecule has 0 radical (unpaired) electrons. The van der Waals surface area contributed by atoms with Crippen LogP contribution in [0.3, 0.4) is 0 Å². The molecule has 2 fully saturated rings. The van der Waals surface area contributed by atoms with E-state index < -0.39 is 23.8 Å². The number of hydrogen-bond donors (Lipinski definition) is 0. The van der Waals surface area contributed by atoms with Gasteiger partial charge in [-0.1, -0.05) is 30.3 Å². The molecular formula is C21H28BrNO4. The molecule has 0 aromatic heterocycles. The largest absolute Gasteiger partial charge is 0.425 e. The van der Waals surface area contributed by atoms with Gasteiger partial charge in [-0.05, 0) is 57.4 Å². The van der Waals surface area contributed by atoms with Crippen molar-refractivity contribution >= 4 is 28.2 Å². The lowest BCUT2D eigenvalue weighted by Gasteiger charge is -2.36. The fourth-order valence-electron chi connectivity index (χ4n) is 4.40. The third-order valence-electron chi connectivity index (χ3n) is 5.65. The lowest BCUT2D eigenvalue weighted by Crippen LogP contribution is -2.42. The smallest absolute Gasteiger partial charge is 0.423 e. The van der Waals surface area contributed by atoms with Crippen molar-refractivity contribution in [1.82, 2.24) is 3.93 Å². The maximum atomic E-state index is 12.7. The number of halogens is 1. The second-order valence-electron chi connectivity index (χ2n) is 8.68. The molecule has 3 rings (SSSR count). The van der Waals surface area contributed by atoms with Crippen LogP contribution in [0.25, 0.3) is 0 Å². The minimum atomic E-state index is -0.932. The fraction of sp³-hybridized carbons (Fsp3) is 0.619. The van der Waals surface area contributed by atoms with Crippen LogP contribution in [-0.4, -0.2) is 28.3 Å². The van der Waals surface area contributed by atoms with E-state index in [1.807, 2.05) is 18.2 Å². The molecule has 5 unspecified atom stereocenters. The summed E-state index contributed by atoms with van der Waals surface area (Å²) in [6, 6.07) is 10.4. The predicted molar refractivity (Wildman–Crippen MR) is 106 cm³/mol. The van der Waals surface area contributed by atoms with Gasteiger partial charge in [0.05, 0.1) is 27.6 Å². The molecule has 1 aromatic carbocycles. The summed E-state index contributed by atoms with van der Waals surface area (Å²) in [5.41, 5.74) is 0.622. The van der Waals surface area contributed by atoms with Gasteiger partial charge in [-0.25, -0.2) is 8.72 Å². The van der Waals surface area contributed by atoms with E-state index in [2.05, 4.69) is 28.3 Å². The Morgan fingerprint density at radius 2 is 1.74 bits per heavy atom. The molecule has 2 aliphatic rings. The Kier molecular flexibility index (Phi) is 5.84. The quantitative estimate of drug-likeness (QED) is 0.366. The van der Waals surface area contributed by atoms with Crippen LogP contribution in [0, 0.1) is 17.3 Å². The number of hydrogen-bond acceptors (Lipinski definition) is 4. The second-order valence-corrected chi connectivity index (χ2v) is 9.44. The standard InChI is InChI=1S/C21H28BrNO4/c1-13(26-19(24)21(2,3)4)27-20(25)23(22)18-16-11-10-15(12-16)17(18)14-8-6-5-7-9-14/h5-9,13,15-18H,10-12H2,1-4H3. The van der Waals surface area contributed by atoms with Crippen LogP contribution in [0.15, 0.2) is 30.3 Å². The Morgan fingerprint density at radius 3 is 2.37 bits per heavy atom. The number of carbonyl (C=O) groups is 2.